The summed E-state index contributed by atoms with van der Waals surface area (Å²) < 4.78 is 0. The first-order valence-electron chi connectivity index (χ1n) is 21.5. The molecule has 0 aliphatic carbocycles. The average Bonchev–Trinajstić information content (AvgIpc) is 4.02. The number of rotatable bonds is 24. The number of fused-ring (bicyclic) bond motifs is 1. The standard InChI is InChI=1S/C47H68N2O2S3/c1-9-15-17-19-21-23-32-48-42(36-26-25-34(52-36)35-27-29-39(53-35)47(8,14-6)31-11-3)40-41(45(48)51)43(37-28-30-38(54-37)46(7,12-4)13-5)49(44(40)50)33-24-22-20-18-16-10-2/h25-30H,9-24,31-33H2,1-8H3. The lowest BCUT2D eigenvalue weighted by Gasteiger charge is -2.26. The van der Waals surface area contributed by atoms with Crippen LogP contribution in [0, 0.1) is 0 Å². The van der Waals surface area contributed by atoms with Crippen LogP contribution < -0.4 is 0 Å². The molecular weight excluding hydrogens is 721 g/mol. The zero-order chi connectivity index (χ0) is 38.9. The number of carbonyl (C=O) groups excluding carboxylic acids is 2. The fourth-order valence-corrected chi connectivity index (χ4v) is 12.0. The summed E-state index contributed by atoms with van der Waals surface area (Å²) in [5, 5.41) is 0. The maximum absolute atomic E-state index is 14.9. The molecule has 4 nitrogen and oxygen atoms in total. The zero-order valence-electron chi connectivity index (χ0n) is 34.8. The number of carbonyl (C=O) groups is 2. The van der Waals surface area contributed by atoms with E-state index in [9.17, 15) is 9.59 Å². The Bertz CT molecular complexity index is 1770. The molecule has 2 aliphatic rings. The molecule has 54 heavy (non-hydrogen) atoms. The van der Waals surface area contributed by atoms with E-state index in [0.29, 0.717) is 24.2 Å². The lowest BCUT2D eigenvalue weighted by atomic mass is 9.81. The van der Waals surface area contributed by atoms with Crippen molar-refractivity contribution in [2.75, 3.05) is 13.1 Å². The van der Waals surface area contributed by atoms with E-state index >= 15 is 0 Å². The van der Waals surface area contributed by atoms with Gasteiger partial charge in [0.15, 0.2) is 0 Å². The first-order valence-corrected chi connectivity index (χ1v) is 24.0. The number of nitrogens with zero attached hydrogens (tertiary/aromatic N) is 2. The maximum atomic E-state index is 14.9. The molecule has 0 bridgehead atoms. The number of hydrogen-bond acceptors (Lipinski definition) is 5. The van der Waals surface area contributed by atoms with E-state index in [1.807, 2.05) is 21.1 Å². The summed E-state index contributed by atoms with van der Waals surface area (Å²) in [5.41, 5.74) is 3.25. The highest BCUT2D eigenvalue weighted by Gasteiger charge is 2.49. The van der Waals surface area contributed by atoms with Crippen molar-refractivity contribution in [2.24, 2.45) is 0 Å². The third kappa shape index (κ3) is 9.05. The van der Waals surface area contributed by atoms with Gasteiger partial charge in [0, 0.05) is 43.4 Å². The number of thiophene rings is 3. The number of amides is 2. The van der Waals surface area contributed by atoms with Crippen LogP contribution >= 0.6 is 34.0 Å². The summed E-state index contributed by atoms with van der Waals surface area (Å²) in [6, 6.07) is 13.5. The Hall–Kier alpha value is -2.48. The minimum absolute atomic E-state index is 0.0117. The minimum atomic E-state index is 0.0117. The second-order valence-electron chi connectivity index (χ2n) is 16.3. The van der Waals surface area contributed by atoms with Crippen molar-refractivity contribution in [3.63, 3.8) is 0 Å². The molecule has 3 aromatic rings. The fourth-order valence-electron chi connectivity index (χ4n) is 8.24. The highest BCUT2D eigenvalue weighted by Crippen LogP contribution is 2.51. The Morgan fingerprint density at radius 2 is 0.852 bits per heavy atom. The molecule has 5 rings (SSSR count). The molecule has 296 valence electrons. The SMILES string of the molecule is CCCCCCCCN1C(=O)C2=C(c3ccc(C(C)(CC)CC)s3)N(CCCCCCCC)C(=O)C2=C1c1ccc(-c2ccc(C(C)(CC)CCC)s2)s1. The quantitative estimate of drug-likeness (QED) is 0.0848. The molecule has 2 aliphatic heterocycles. The van der Waals surface area contributed by atoms with Crippen molar-refractivity contribution < 1.29 is 9.59 Å². The van der Waals surface area contributed by atoms with Gasteiger partial charge < -0.3 is 9.80 Å². The van der Waals surface area contributed by atoms with Crippen LogP contribution in [0.2, 0.25) is 0 Å². The van der Waals surface area contributed by atoms with Crippen molar-refractivity contribution in [1.29, 1.82) is 0 Å². The largest absolute Gasteiger partial charge is 0.306 e. The lowest BCUT2D eigenvalue weighted by Crippen LogP contribution is -2.30. The van der Waals surface area contributed by atoms with Crippen molar-refractivity contribution >= 4 is 57.2 Å². The topological polar surface area (TPSA) is 40.6 Å². The van der Waals surface area contributed by atoms with Crippen LogP contribution in [-0.4, -0.2) is 34.7 Å². The first kappa shape index (κ1) is 42.7. The summed E-state index contributed by atoms with van der Waals surface area (Å²) >= 11 is 5.44. The van der Waals surface area contributed by atoms with Crippen LogP contribution in [0.1, 0.15) is 184 Å². The van der Waals surface area contributed by atoms with Crippen molar-refractivity contribution in [1.82, 2.24) is 9.80 Å². The van der Waals surface area contributed by atoms with E-state index in [1.54, 1.807) is 22.7 Å². The van der Waals surface area contributed by atoms with Gasteiger partial charge in [0.1, 0.15) is 0 Å². The highest BCUT2D eigenvalue weighted by molar-refractivity contribution is 7.22. The molecule has 1 unspecified atom stereocenters. The third-order valence-electron chi connectivity index (χ3n) is 12.5. The van der Waals surface area contributed by atoms with Gasteiger partial charge in [-0.05, 0) is 74.9 Å². The molecule has 0 fully saturated rings. The molecule has 1 atom stereocenters. The van der Waals surface area contributed by atoms with Gasteiger partial charge in [-0.15, -0.1) is 34.0 Å². The smallest absolute Gasteiger partial charge is 0.261 e. The highest BCUT2D eigenvalue weighted by atomic mass is 32.1. The monoisotopic (exact) mass is 788 g/mol. The molecular formula is C47H68N2O2S3. The third-order valence-corrected chi connectivity index (χ3v) is 16.6. The summed E-state index contributed by atoms with van der Waals surface area (Å²) in [6.45, 7) is 19.7. The van der Waals surface area contributed by atoms with Crippen LogP contribution in [0.4, 0.5) is 0 Å². The van der Waals surface area contributed by atoms with Gasteiger partial charge in [0.05, 0.1) is 32.3 Å². The molecule has 0 radical (unpaired) electrons. The fraction of sp³-hybridized carbons (Fsp3) is 0.617. The van der Waals surface area contributed by atoms with Crippen molar-refractivity contribution in [3.8, 4) is 9.75 Å². The van der Waals surface area contributed by atoms with E-state index in [4.69, 9.17) is 0 Å². The zero-order valence-corrected chi connectivity index (χ0v) is 37.3. The molecule has 0 spiro atoms. The molecule has 0 N–H and O–H groups in total. The Morgan fingerprint density at radius 1 is 0.463 bits per heavy atom. The normalized spacial score (nSPS) is 16.1. The second-order valence-corrected chi connectivity index (χ2v) is 19.6. The van der Waals surface area contributed by atoms with Crippen LogP contribution in [0.5, 0.6) is 0 Å². The summed E-state index contributed by atoms with van der Waals surface area (Å²) in [7, 11) is 0. The Balaban J connectivity index is 1.58. The van der Waals surface area contributed by atoms with Gasteiger partial charge in [-0.25, -0.2) is 0 Å². The molecule has 0 saturated heterocycles. The van der Waals surface area contributed by atoms with Gasteiger partial charge in [-0.2, -0.15) is 0 Å². The molecule has 0 saturated carbocycles. The van der Waals surface area contributed by atoms with E-state index < -0.39 is 0 Å². The maximum Gasteiger partial charge on any atom is 0.261 e. The molecule has 7 heteroatoms. The van der Waals surface area contributed by atoms with Crippen molar-refractivity contribution in [3.05, 3.63) is 67.1 Å². The Labute approximate surface area is 340 Å². The van der Waals surface area contributed by atoms with Crippen molar-refractivity contribution in [2.45, 2.75) is 175 Å². The summed E-state index contributed by atoms with van der Waals surface area (Å²) in [6.07, 6.45) is 19.5. The molecule has 0 aromatic carbocycles. The average molecular weight is 789 g/mol. The summed E-state index contributed by atoms with van der Waals surface area (Å²) in [5.74, 6) is 0.0235. The second kappa shape index (κ2) is 19.6. The molecule has 2 amide bonds. The van der Waals surface area contributed by atoms with Gasteiger partial charge >= 0.3 is 0 Å². The van der Waals surface area contributed by atoms with E-state index in [1.165, 1.54) is 83.7 Å². The minimum Gasteiger partial charge on any atom is -0.306 e. The van der Waals surface area contributed by atoms with E-state index in [2.05, 4.69) is 91.8 Å². The van der Waals surface area contributed by atoms with E-state index in [-0.39, 0.29) is 22.6 Å². The van der Waals surface area contributed by atoms with Crippen LogP contribution in [-0.2, 0) is 20.4 Å². The predicted molar refractivity (Wildman–Crippen MR) is 236 cm³/mol. The lowest BCUT2D eigenvalue weighted by molar-refractivity contribution is -0.124. The van der Waals surface area contributed by atoms with Crippen LogP contribution in [0.3, 0.4) is 0 Å². The van der Waals surface area contributed by atoms with Gasteiger partial charge in [0.2, 0.25) is 0 Å². The van der Waals surface area contributed by atoms with Gasteiger partial charge in [-0.1, -0.05) is 126 Å². The van der Waals surface area contributed by atoms with Crippen LogP contribution in [0.15, 0.2) is 47.5 Å². The van der Waals surface area contributed by atoms with Crippen LogP contribution in [0.25, 0.3) is 21.1 Å². The van der Waals surface area contributed by atoms with Gasteiger partial charge in [0.25, 0.3) is 11.8 Å². The first-order chi connectivity index (χ1) is 26.1. The number of unbranched alkanes of at least 4 members (excludes halogenated alkanes) is 10. The van der Waals surface area contributed by atoms with E-state index in [0.717, 1.165) is 66.1 Å². The Morgan fingerprint density at radius 3 is 1.35 bits per heavy atom. The predicted octanol–water partition coefficient (Wildman–Crippen LogP) is 14.6. The Kier molecular flexibility index (Phi) is 15.5. The molecule has 5 heterocycles. The molecule has 3 aromatic heterocycles. The number of hydrogen-bond donors (Lipinski definition) is 0. The van der Waals surface area contributed by atoms with Gasteiger partial charge in [-0.3, -0.25) is 9.59 Å². The summed E-state index contributed by atoms with van der Waals surface area (Å²) in [4.78, 5) is 41.2.